The normalized spacial score (nSPS) is 23.4. The molecule has 0 spiro atoms. The van der Waals surface area contributed by atoms with Crippen molar-refractivity contribution in [2.45, 2.75) is 64.5 Å². The van der Waals surface area contributed by atoms with Gasteiger partial charge in [-0.3, -0.25) is 9.59 Å². The van der Waals surface area contributed by atoms with E-state index in [0.717, 1.165) is 24.8 Å². The van der Waals surface area contributed by atoms with Gasteiger partial charge in [0, 0.05) is 11.6 Å². The van der Waals surface area contributed by atoms with Crippen LogP contribution in [0.3, 0.4) is 0 Å². The number of carbonyl (C=O) groups excluding carboxylic acids is 2. The molecule has 2 atom stereocenters. The molecule has 9 heteroatoms. The lowest BCUT2D eigenvalue weighted by atomic mass is 9.70. The zero-order valence-electron chi connectivity index (χ0n) is 18.9. The average molecular weight is 459 g/mol. The molecule has 0 radical (unpaired) electrons. The number of rotatable bonds is 3. The van der Waals surface area contributed by atoms with Gasteiger partial charge in [0.1, 0.15) is 5.82 Å². The van der Waals surface area contributed by atoms with E-state index in [-0.39, 0.29) is 28.8 Å². The van der Waals surface area contributed by atoms with E-state index in [1.807, 2.05) is 31.2 Å². The predicted molar refractivity (Wildman–Crippen MR) is 122 cm³/mol. The molecule has 172 valence electrons. The number of hydrogen-bond acceptors (Lipinski definition) is 5. The Morgan fingerprint density at radius 1 is 1.09 bits per heavy atom. The summed E-state index contributed by atoms with van der Waals surface area (Å²) in [4.78, 5) is 25.5. The Balaban J connectivity index is 1.57. The first-order valence-electron chi connectivity index (χ1n) is 10.9. The Bertz CT molecular complexity index is 1170. The predicted octanol–water partition coefficient (Wildman–Crippen LogP) is 2.88. The highest BCUT2D eigenvalue weighted by molar-refractivity contribution is 7.90. The second-order valence-electron chi connectivity index (χ2n) is 10.1. The maximum Gasteiger partial charge on any atom is 0.314 e. The Morgan fingerprint density at radius 3 is 2.44 bits per heavy atom. The van der Waals surface area contributed by atoms with Crippen LogP contribution in [-0.2, 0) is 30.9 Å². The molecule has 0 saturated heterocycles. The molecule has 2 unspecified atom stereocenters. The second-order valence-corrected chi connectivity index (χ2v) is 12.2. The Kier molecular flexibility index (Phi) is 5.65. The lowest BCUT2D eigenvalue weighted by molar-refractivity contribution is -0.137. The van der Waals surface area contributed by atoms with Gasteiger partial charge in [0.05, 0.1) is 22.9 Å². The molecule has 8 nitrogen and oxygen atoms in total. The fourth-order valence-corrected chi connectivity index (χ4v) is 6.61. The molecule has 1 saturated carbocycles. The molecule has 2 aliphatic rings. The van der Waals surface area contributed by atoms with E-state index in [0.29, 0.717) is 22.9 Å². The van der Waals surface area contributed by atoms with Crippen molar-refractivity contribution in [1.82, 2.24) is 15.1 Å². The number of aryl methyl sites for hydroxylation is 1. The molecule has 2 amide bonds. The number of hydrogen-bond donors (Lipinski definition) is 2. The molecular weight excluding hydrogens is 428 g/mol. The van der Waals surface area contributed by atoms with Gasteiger partial charge in [-0.25, -0.2) is 13.1 Å². The van der Waals surface area contributed by atoms with E-state index in [1.165, 1.54) is 4.68 Å². The first-order chi connectivity index (χ1) is 14.9. The number of sulfone groups is 1. The van der Waals surface area contributed by atoms with Crippen molar-refractivity contribution < 1.29 is 18.0 Å². The molecule has 1 fully saturated rings. The smallest absolute Gasteiger partial charge is 0.314 e. The highest BCUT2D eigenvalue weighted by Gasteiger charge is 2.36. The zero-order valence-corrected chi connectivity index (χ0v) is 19.8. The van der Waals surface area contributed by atoms with Gasteiger partial charge >= 0.3 is 11.8 Å². The van der Waals surface area contributed by atoms with Gasteiger partial charge in [0.2, 0.25) is 0 Å². The third-order valence-corrected chi connectivity index (χ3v) is 7.67. The third kappa shape index (κ3) is 4.72. The summed E-state index contributed by atoms with van der Waals surface area (Å²) in [7, 11) is -3.32. The summed E-state index contributed by atoms with van der Waals surface area (Å²) < 4.78 is 25.8. The summed E-state index contributed by atoms with van der Waals surface area (Å²) in [6.45, 7) is 8.46. The summed E-state index contributed by atoms with van der Waals surface area (Å²) in [5.74, 6) is -1.22. The number of benzene rings is 1. The van der Waals surface area contributed by atoms with Crippen LogP contribution in [0.2, 0.25) is 0 Å². The minimum Gasteiger partial charge on any atom is -0.345 e. The topological polar surface area (TPSA) is 110 Å². The minimum atomic E-state index is -3.32. The van der Waals surface area contributed by atoms with E-state index in [9.17, 15) is 18.0 Å². The van der Waals surface area contributed by atoms with Crippen molar-refractivity contribution in [3.63, 3.8) is 0 Å². The second kappa shape index (κ2) is 8.03. The van der Waals surface area contributed by atoms with E-state index in [2.05, 4.69) is 36.5 Å². The van der Waals surface area contributed by atoms with Crippen LogP contribution in [0.1, 0.15) is 56.9 Å². The molecule has 2 N–H and O–H groups in total. The van der Waals surface area contributed by atoms with Gasteiger partial charge in [-0.2, -0.15) is 5.10 Å². The number of amides is 2. The molecule has 2 heterocycles. The molecule has 32 heavy (non-hydrogen) atoms. The largest absolute Gasteiger partial charge is 0.345 e. The molecule has 1 aliphatic heterocycles. The first kappa shape index (κ1) is 22.5. The monoisotopic (exact) mass is 458 g/mol. The van der Waals surface area contributed by atoms with Crippen LogP contribution in [0.5, 0.6) is 0 Å². The standard InChI is InChI=1S/C23H30N4O4S/c1-14-5-7-17(8-6-14)27-20(18-12-32(30,31)13-19(18)26-27)25-22(29)21(28)24-16-9-15(2)10-23(3,4)11-16/h5-8,15-16H,9-13H2,1-4H3,(H,24,28)(H,25,29). The Labute approximate surface area is 188 Å². The number of fused-ring (bicyclic) bond motifs is 1. The van der Waals surface area contributed by atoms with Gasteiger partial charge in [-0.1, -0.05) is 38.5 Å². The van der Waals surface area contributed by atoms with Crippen molar-refractivity contribution in [3.8, 4) is 5.69 Å². The lowest BCUT2D eigenvalue weighted by Gasteiger charge is -2.39. The maximum atomic E-state index is 12.8. The lowest BCUT2D eigenvalue weighted by Crippen LogP contribution is -2.46. The highest BCUT2D eigenvalue weighted by Crippen LogP contribution is 2.38. The van der Waals surface area contributed by atoms with Gasteiger partial charge in [-0.15, -0.1) is 0 Å². The molecular formula is C23H30N4O4S. The van der Waals surface area contributed by atoms with Crippen LogP contribution in [0.4, 0.5) is 5.82 Å². The number of nitrogens with zero attached hydrogens (tertiary/aromatic N) is 2. The summed E-state index contributed by atoms with van der Waals surface area (Å²) in [6.07, 6.45) is 2.73. The SMILES string of the molecule is Cc1ccc(-n2nc3c(c2NC(=O)C(=O)NC2CC(C)CC(C)(C)C2)CS(=O)(=O)C3)cc1. The minimum absolute atomic E-state index is 0.0693. The zero-order chi connectivity index (χ0) is 23.3. The van der Waals surface area contributed by atoms with Crippen molar-refractivity contribution in [2.24, 2.45) is 11.3 Å². The van der Waals surface area contributed by atoms with E-state index in [1.54, 1.807) is 0 Å². The first-order valence-corrected chi connectivity index (χ1v) is 12.7. The Hall–Kier alpha value is -2.68. The van der Waals surface area contributed by atoms with Crippen LogP contribution < -0.4 is 10.6 Å². The molecule has 1 aromatic heterocycles. The number of anilines is 1. The third-order valence-electron chi connectivity index (χ3n) is 6.23. The van der Waals surface area contributed by atoms with Crippen molar-refractivity contribution in [1.29, 1.82) is 0 Å². The van der Waals surface area contributed by atoms with E-state index >= 15 is 0 Å². The molecule has 2 aromatic rings. The number of carbonyl (C=O) groups is 2. The summed E-state index contributed by atoms with van der Waals surface area (Å²) in [5, 5.41) is 9.95. The van der Waals surface area contributed by atoms with Crippen molar-refractivity contribution >= 4 is 27.5 Å². The number of nitrogens with one attached hydrogen (secondary N) is 2. The van der Waals surface area contributed by atoms with Crippen LogP contribution in [0.15, 0.2) is 24.3 Å². The van der Waals surface area contributed by atoms with E-state index in [4.69, 9.17) is 0 Å². The van der Waals surface area contributed by atoms with Crippen molar-refractivity contribution in [3.05, 3.63) is 41.1 Å². The molecule has 1 aromatic carbocycles. The Morgan fingerprint density at radius 2 is 1.78 bits per heavy atom. The highest BCUT2D eigenvalue weighted by atomic mass is 32.2. The van der Waals surface area contributed by atoms with Crippen molar-refractivity contribution in [2.75, 3.05) is 5.32 Å². The fraction of sp³-hybridized carbons (Fsp3) is 0.522. The van der Waals surface area contributed by atoms with Crippen LogP contribution >= 0.6 is 0 Å². The summed E-state index contributed by atoms with van der Waals surface area (Å²) >= 11 is 0. The van der Waals surface area contributed by atoms with Crippen LogP contribution in [0.25, 0.3) is 5.69 Å². The van der Waals surface area contributed by atoms with Crippen LogP contribution in [-0.4, -0.2) is 36.1 Å². The maximum absolute atomic E-state index is 12.8. The molecule has 1 aliphatic carbocycles. The van der Waals surface area contributed by atoms with Gasteiger partial charge < -0.3 is 10.6 Å². The molecule has 4 rings (SSSR count). The van der Waals surface area contributed by atoms with Gasteiger partial charge in [-0.05, 0) is 49.7 Å². The number of aromatic nitrogens is 2. The van der Waals surface area contributed by atoms with Gasteiger partial charge in [0.25, 0.3) is 0 Å². The fourth-order valence-electron chi connectivity index (χ4n) is 5.11. The van der Waals surface area contributed by atoms with Crippen LogP contribution in [0, 0.1) is 18.3 Å². The van der Waals surface area contributed by atoms with E-state index < -0.39 is 21.7 Å². The van der Waals surface area contributed by atoms with Gasteiger partial charge in [0.15, 0.2) is 9.84 Å². The quantitative estimate of drug-likeness (QED) is 0.687. The average Bonchev–Trinajstić information content (AvgIpc) is 3.13. The summed E-state index contributed by atoms with van der Waals surface area (Å²) in [6, 6.07) is 7.42. The summed E-state index contributed by atoms with van der Waals surface area (Å²) in [5.41, 5.74) is 2.69. The molecule has 0 bridgehead atoms.